The molecule has 11 heteroatoms. The van der Waals surface area contributed by atoms with Crippen molar-refractivity contribution in [1.29, 1.82) is 0 Å². The van der Waals surface area contributed by atoms with Gasteiger partial charge in [0.2, 0.25) is 10.0 Å². The normalized spacial score (nSPS) is 23.6. The molecule has 3 rings (SSSR count). The van der Waals surface area contributed by atoms with Gasteiger partial charge in [-0.1, -0.05) is 0 Å². The number of rotatable bonds is 3. The van der Waals surface area contributed by atoms with E-state index in [2.05, 4.69) is 5.32 Å². The van der Waals surface area contributed by atoms with Gasteiger partial charge in [0.25, 0.3) is 5.69 Å². The van der Waals surface area contributed by atoms with Crippen molar-refractivity contribution >= 4 is 28.1 Å². The van der Waals surface area contributed by atoms with Gasteiger partial charge in [-0.05, 0) is 13.8 Å². The van der Waals surface area contributed by atoms with Crippen LogP contribution in [-0.2, 0) is 10.0 Å². The number of hydrogen-bond donors (Lipinski definition) is 1. The average Bonchev–Trinajstić information content (AvgIpc) is 2.55. The number of piperazine rings is 1. The zero-order valence-corrected chi connectivity index (χ0v) is 15.4. The van der Waals surface area contributed by atoms with Crippen LogP contribution in [0.4, 0.5) is 5.69 Å². The van der Waals surface area contributed by atoms with Crippen LogP contribution in [0.1, 0.15) is 13.8 Å². The molecule has 2 atom stereocenters. The molecule has 0 aromatic heterocycles. The van der Waals surface area contributed by atoms with E-state index in [1.165, 1.54) is 10.4 Å². The summed E-state index contributed by atoms with van der Waals surface area (Å²) in [6.07, 6.45) is 0. The van der Waals surface area contributed by atoms with Gasteiger partial charge in [0.1, 0.15) is 13.2 Å². The SMILES string of the molecule is CC1NCCN(S(=O)(=O)c2cc3c(cc2[N+](=O)[O-])OCCO3)C1C.Cl. The summed E-state index contributed by atoms with van der Waals surface area (Å²) < 4.78 is 38.1. The van der Waals surface area contributed by atoms with Gasteiger partial charge in [-0.25, -0.2) is 8.42 Å². The summed E-state index contributed by atoms with van der Waals surface area (Å²) in [5.74, 6) is 0.398. The molecule has 1 fully saturated rings. The van der Waals surface area contributed by atoms with Crippen LogP contribution in [0.5, 0.6) is 11.5 Å². The molecular weight excluding hydrogens is 374 g/mol. The molecule has 2 aliphatic heterocycles. The van der Waals surface area contributed by atoms with E-state index in [9.17, 15) is 18.5 Å². The number of nitro groups is 1. The number of nitrogens with one attached hydrogen (secondary N) is 1. The topological polar surface area (TPSA) is 111 Å². The highest BCUT2D eigenvalue weighted by molar-refractivity contribution is 7.89. The van der Waals surface area contributed by atoms with Gasteiger partial charge in [-0.3, -0.25) is 10.1 Å². The molecule has 2 unspecified atom stereocenters. The molecule has 1 saturated heterocycles. The lowest BCUT2D eigenvalue weighted by Gasteiger charge is -2.37. The van der Waals surface area contributed by atoms with Gasteiger partial charge < -0.3 is 14.8 Å². The minimum Gasteiger partial charge on any atom is -0.486 e. The van der Waals surface area contributed by atoms with Crippen molar-refractivity contribution in [1.82, 2.24) is 9.62 Å². The molecule has 0 radical (unpaired) electrons. The maximum Gasteiger partial charge on any atom is 0.293 e. The molecule has 0 bridgehead atoms. The molecule has 140 valence electrons. The predicted octanol–water partition coefficient (Wildman–Crippen LogP) is 1.16. The van der Waals surface area contributed by atoms with Crippen molar-refractivity contribution in [2.24, 2.45) is 0 Å². The largest absolute Gasteiger partial charge is 0.486 e. The van der Waals surface area contributed by atoms with Crippen molar-refractivity contribution in [3.63, 3.8) is 0 Å². The molecular formula is C14H20ClN3O6S. The number of ether oxygens (including phenoxy) is 2. The molecule has 0 amide bonds. The van der Waals surface area contributed by atoms with E-state index < -0.39 is 20.6 Å². The monoisotopic (exact) mass is 393 g/mol. The third-order valence-corrected chi connectivity index (χ3v) is 6.40. The van der Waals surface area contributed by atoms with E-state index in [0.717, 1.165) is 6.07 Å². The van der Waals surface area contributed by atoms with Gasteiger partial charge in [0.15, 0.2) is 16.4 Å². The lowest BCUT2D eigenvalue weighted by Crippen LogP contribution is -2.57. The van der Waals surface area contributed by atoms with Gasteiger partial charge in [0.05, 0.1) is 11.0 Å². The highest BCUT2D eigenvalue weighted by Gasteiger charge is 2.39. The second-order valence-electron chi connectivity index (χ2n) is 5.82. The second kappa shape index (κ2) is 7.32. The Morgan fingerprint density at radius 2 is 1.84 bits per heavy atom. The van der Waals surface area contributed by atoms with Crippen molar-refractivity contribution in [3.8, 4) is 11.5 Å². The van der Waals surface area contributed by atoms with Crippen molar-refractivity contribution in [2.45, 2.75) is 30.8 Å². The fourth-order valence-electron chi connectivity index (χ4n) is 2.90. The smallest absolute Gasteiger partial charge is 0.293 e. The summed E-state index contributed by atoms with van der Waals surface area (Å²) in [7, 11) is -4.04. The van der Waals surface area contributed by atoms with Crippen LogP contribution >= 0.6 is 12.4 Å². The number of fused-ring (bicyclic) bond motifs is 1. The Hall–Kier alpha value is -1.62. The summed E-state index contributed by atoms with van der Waals surface area (Å²) >= 11 is 0. The molecule has 0 aliphatic carbocycles. The van der Waals surface area contributed by atoms with E-state index in [4.69, 9.17) is 9.47 Å². The van der Waals surface area contributed by atoms with Crippen LogP contribution < -0.4 is 14.8 Å². The molecule has 2 aliphatic rings. The minimum absolute atomic E-state index is 0. The van der Waals surface area contributed by atoms with Crippen LogP contribution in [0.25, 0.3) is 0 Å². The summed E-state index contributed by atoms with van der Waals surface area (Å²) in [4.78, 5) is 10.3. The summed E-state index contributed by atoms with van der Waals surface area (Å²) in [5.41, 5.74) is -0.502. The molecule has 25 heavy (non-hydrogen) atoms. The Kier molecular flexibility index (Phi) is 5.77. The summed E-state index contributed by atoms with van der Waals surface area (Å²) in [6, 6.07) is 1.94. The minimum atomic E-state index is -4.04. The van der Waals surface area contributed by atoms with E-state index in [1.807, 2.05) is 6.92 Å². The molecule has 0 saturated carbocycles. The van der Waals surface area contributed by atoms with E-state index >= 15 is 0 Å². The van der Waals surface area contributed by atoms with E-state index in [1.54, 1.807) is 6.92 Å². The Balaban J connectivity index is 0.00000225. The van der Waals surface area contributed by atoms with Crippen LogP contribution in [-0.4, -0.2) is 56.0 Å². The molecule has 1 aromatic carbocycles. The molecule has 1 aromatic rings. The maximum atomic E-state index is 13.1. The number of halogens is 1. The number of nitro benzene ring substituents is 1. The number of sulfonamides is 1. The molecule has 2 heterocycles. The summed E-state index contributed by atoms with van der Waals surface area (Å²) in [5, 5.41) is 14.6. The van der Waals surface area contributed by atoms with Crippen LogP contribution in [0.3, 0.4) is 0 Å². The highest BCUT2D eigenvalue weighted by Crippen LogP contribution is 2.40. The van der Waals surface area contributed by atoms with Crippen molar-refractivity contribution in [2.75, 3.05) is 26.3 Å². The zero-order chi connectivity index (χ0) is 17.5. The first-order valence-corrected chi connectivity index (χ1v) is 9.09. The second-order valence-corrected chi connectivity index (χ2v) is 7.68. The Morgan fingerprint density at radius 3 is 2.44 bits per heavy atom. The maximum absolute atomic E-state index is 13.1. The number of hydrogen-bond acceptors (Lipinski definition) is 7. The average molecular weight is 394 g/mol. The van der Waals surface area contributed by atoms with Crippen LogP contribution in [0, 0.1) is 10.1 Å². The van der Waals surface area contributed by atoms with E-state index in [0.29, 0.717) is 6.54 Å². The van der Waals surface area contributed by atoms with Crippen LogP contribution in [0.2, 0.25) is 0 Å². The molecule has 9 nitrogen and oxygen atoms in total. The third-order valence-electron chi connectivity index (χ3n) is 4.38. The summed E-state index contributed by atoms with van der Waals surface area (Å²) in [6.45, 7) is 4.93. The first-order valence-electron chi connectivity index (χ1n) is 7.65. The lowest BCUT2D eigenvalue weighted by molar-refractivity contribution is -0.388. The fraction of sp³-hybridized carbons (Fsp3) is 0.571. The molecule has 1 N–H and O–H groups in total. The number of nitrogens with zero attached hydrogens (tertiary/aromatic N) is 2. The first kappa shape index (κ1) is 19.7. The Morgan fingerprint density at radius 1 is 1.24 bits per heavy atom. The Labute approximate surface area is 151 Å². The quantitative estimate of drug-likeness (QED) is 0.605. The third kappa shape index (κ3) is 3.52. The van der Waals surface area contributed by atoms with Gasteiger partial charge >= 0.3 is 0 Å². The number of benzene rings is 1. The van der Waals surface area contributed by atoms with Crippen LogP contribution in [0.15, 0.2) is 17.0 Å². The first-order chi connectivity index (χ1) is 11.3. The predicted molar refractivity (Wildman–Crippen MR) is 92.2 cm³/mol. The zero-order valence-electron chi connectivity index (χ0n) is 13.8. The van der Waals surface area contributed by atoms with E-state index in [-0.39, 0.29) is 60.6 Å². The van der Waals surface area contributed by atoms with Gasteiger partial charge in [-0.2, -0.15) is 4.31 Å². The van der Waals surface area contributed by atoms with Gasteiger partial charge in [0, 0.05) is 31.2 Å². The molecule has 0 spiro atoms. The standard InChI is InChI=1S/C14H19N3O6S.ClH/c1-9-10(2)16(4-3-15-9)24(20,21)14-8-13-12(22-5-6-23-13)7-11(14)17(18)19;/h7-10,15H,3-6H2,1-2H3;1H. The fourth-order valence-corrected chi connectivity index (χ4v) is 4.76. The van der Waals surface area contributed by atoms with Gasteiger partial charge in [-0.15, -0.1) is 12.4 Å². The van der Waals surface area contributed by atoms with Crippen molar-refractivity contribution < 1.29 is 22.8 Å². The van der Waals surface area contributed by atoms with Crippen molar-refractivity contribution in [3.05, 3.63) is 22.2 Å². The lowest BCUT2D eigenvalue weighted by atomic mass is 10.1. The highest BCUT2D eigenvalue weighted by atomic mass is 35.5. The Bertz CT molecular complexity index is 772.